The zero-order valence-electron chi connectivity index (χ0n) is 10.9. The molecule has 0 radical (unpaired) electrons. The van der Waals surface area contributed by atoms with Crippen molar-refractivity contribution in [1.29, 1.82) is 0 Å². The Hall–Kier alpha value is -1.88. The van der Waals surface area contributed by atoms with E-state index in [0.717, 1.165) is 30.9 Å². The molecule has 5 nitrogen and oxygen atoms in total. The van der Waals surface area contributed by atoms with Gasteiger partial charge in [-0.15, -0.1) is 0 Å². The lowest BCUT2D eigenvalue weighted by Gasteiger charge is -2.07. The van der Waals surface area contributed by atoms with E-state index < -0.39 is 0 Å². The first kappa shape index (κ1) is 12.2. The van der Waals surface area contributed by atoms with Crippen molar-refractivity contribution < 1.29 is 9.53 Å². The highest BCUT2D eigenvalue weighted by Crippen LogP contribution is 2.17. The standard InChI is InChI=1S/C14H17N3O2/c1-19-14(18)11-3-5-17-12(7-11)9-16-13(17)6-10-2-4-15-8-10/h3,5,7,9-10,15H,2,4,6,8H2,1H3. The van der Waals surface area contributed by atoms with Crippen LogP contribution in [0.4, 0.5) is 0 Å². The molecule has 1 unspecified atom stereocenters. The Bertz CT molecular complexity index is 600. The number of methoxy groups -OCH3 is 1. The lowest BCUT2D eigenvalue weighted by molar-refractivity contribution is 0.0600. The van der Waals surface area contributed by atoms with E-state index >= 15 is 0 Å². The highest BCUT2D eigenvalue weighted by atomic mass is 16.5. The molecule has 1 saturated heterocycles. The molecule has 5 heteroatoms. The molecule has 0 amide bonds. The lowest BCUT2D eigenvalue weighted by Crippen LogP contribution is -2.12. The summed E-state index contributed by atoms with van der Waals surface area (Å²) in [7, 11) is 1.39. The van der Waals surface area contributed by atoms with Gasteiger partial charge in [0.1, 0.15) is 5.82 Å². The molecular weight excluding hydrogens is 242 g/mol. The van der Waals surface area contributed by atoms with Crippen LogP contribution in [0.15, 0.2) is 24.5 Å². The van der Waals surface area contributed by atoms with Gasteiger partial charge in [-0.3, -0.25) is 0 Å². The first-order valence-corrected chi connectivity index (χ1v) is 6.53. The van der Waals surface area contributed by atoms with Gasteiger partial charge in [0, 0.05) is 12.6 Å². The summed E-state index contributed by atoms with van der Waals surface area (Å²) < 4.78 is 6.77. The molecule has 0 aliphatic carbocycles. The van der Waals surface area contributed by atoms with Crippen molar-refractivity contribution in [3.05, 3.63) is 35.9 Å². The summed E-state index contributed by atoms with van der Waals surface area (Å²) in [6, 6.07) is 3.59. The Morgan fingerprint density at radius 2 is 2.53 bits per heavy atom. The number of imidazole rings is 1. The highest BCUT2D eigenvalue weighted by molar-refractivity contribution is 5.90. The lowest BCUT2D eigenvalue weighted by atomic mass is 10.0. The zero-order valence-corrected chi connectivity index (χ0v) is 10.9. The molecule has 2 aromatic rings. The summed E-state index contributed by atoms with van der Waals surface area (Å²) in [5.74, 6) is 1.40. The average molecular weight is 259 g/mol. The molecule has 3 heterocycles. The van der Waals surface area contributed by atoms with Crippen LogP contribution in [-0.2, 0) is 11.2 Å². The van der Waals surface area contributed by atoms with Gasteiger partial charge in [-0.2, -0.15) is 0 Å². The van der Waals surface area contributed by atoms with E-state index in [-0.39, 0.29) is 5.97 Å². The summed E-state index contributed by atoms with van der Waals surface area (Å²) in [5.41, 5.74) is 1.49. The third-order valence-corrected chi connectivity index (χ3v) is 3.66. The molecule has 0 spiro atoms. The number of nitrogens with zero attached hydrogens (tertiary/aromatic N) is 2. The first-order valence-electron chi connectivity index (χ1n) is 6.53. The minimum Gasteiger partial charge on any atom is -0.465 e. The van der Waals surface area contributed by atoms with Crippen LogP contribution >= 0.6 is 0 Å². The van der Waals surface area contributed by atoms with Crippen LogP contribution in [-0.4, -0.2) is 35.6 Å². The predicted molar refractivity (Wildman–Crippen MR) is 71.2 cm³/mol. The molecule has 100 valence electrons. The Labute approximate surface area is 111 Å². The molecule has 2 aromatic heterocycles. The number of carbonyl (C=O) groups excluding carboxylic acids is 1. The van der Waals surface area contributed by atoms with Crippen molar-refractivity contribution >= 4 is 11.5 Å². The Morgan fingerprint density at radius 1 is 1.63 bits per heavy atom. The number of pyridine rings is 1. The Kier molecular flexibility index (Phi) is 3.21. The minimum absolute atomic E-state index is 0.315. The third kappa shape index (κ3) is 2.33. The summed E-state index contributed by atoms with van der Waals surface area (Å²) in [6.45, 7) is 2.16. The fraction of sp³-hybridized carbons (Fsp3) is 0.429. The number of hydrogen-bond acceptors (Lipinski definition) is 4. The Balaban J connectivity index is 1.88. The number of esters is 1. The number of rotatable bonds is 3. The number of aromatic nitrogens is 2. The number of ether oxygens (including phenoxy) is 1. The molecule has 1 atom stereocenters. The third-order valence-electron chi connectivity index (χ3n) is 3.66. The fourth-order valence-electron chi connectivity index (χ4n) is 2.60. The molecule has 1 fully saturated rings. The predicted octanol–water partition coefficient (Wildman–Crippen LogP) is 1.27. The van der Waals surface area contributed by atoms with Crippen LogP contribution in [0.1, 0.15) is 22.6 Å². The minimum atomic E-state index is -0.315. The van der Waals surface area contributed by atoms with Gasteiger partial charge >= 0.3 is 5.97 Å². The zero-order chi connectivity index (χ0) is 13.2. The van der Waals surface area contributed by atoms with E-state index in [1.54, 1.807) is 6.07 Å². The van der Waals surface area contributed by atoms with E-state index in [4.69, 9.17) is 4.74 Å². The molecule has 3 rings (SSSR count). The second-order valence-electron chi connectivity index (χ2n) is 4.94. The van der Waals surface area contributed by atoms with Gasteiger partial charge in [-0.25, -0.2) is 9.78 Å². The SMILES string of the molecule is COC(=O)c1ccn2c(CC3CCNC3)ncc2c1. The number of nitrogens with one attached hydrogen (secondary N) is 1. The molecule has 1 N–H and O–H groups in total. The van der Waals surface area contributed by atoms with Gasteiger partial charge in [0.25, 0.3) is 0 Å². The van der Waals surface area contributed by atoms with Crippen LogP contribution in [0, 0.1) is 5.92 Å². The molecule has 1 aliphatic heterocycles. The van der Waals surface area contributed by atoms with E-state index in [0.29, 0.717) is 11.5 Å². The fourth-order valence-corrected chi connectivity index (χ4v) is 2.60. The highest BCUT2D eigenvalue weighted by Gasteiger charge is 2.17. The summed E-state index contributed by atoms with van der Waals surface area (Å²) >= 11 is 0. The van der Waals surface area contributed by atoms with E-state index in [9.17, 15) is 4.79 Å². The van der Waals surface area contributed by atoms with E-state index in [1.807, 2.05) is 22.9 Å². The molecule has 0 bridgehead atoms. The summed E-state index contributed by atoms with van der Waals surface area (Å²) in [4.78, 5) is 16.0. The van der Waals surface area contributed by atoms with Crippen molar-refractivity contribution in [2.24, 2.45) is 5.92 Å². The first-order chi connectivity index (χ1) is 9.28. The normalized spacial score (nSPS) is 18.9. The van der Waals surface area contributed by atoms with Gasteiger partial charge in [0.2, 0.25) is 0 Å². The Morgan fingerprint density at radius 3 is 3.26 bits per heavy atom. The van der Waals surface area contributed by atoms with Crippen LogP contribution < -0.4 is 5.32 Å². The number of carbonyl (C=O) groups is 1. The van der Waals surface area contributed by atoms with Gasteiger partial charge < -0.3 is 14.5 Å². The van der Waals surface area contributed by atoms with Gasteiger partial charge in [-0.1, -0.05) is 0 Å². The topological polar surface area (TPSA) is 55.6 Å². The number of hydrogen-bond donors (Lipinski definition) is 1. The largest absolute Gasteiger partial charge is 0.465 e. The van der Waals surface area contributed by atoms with Crippen LogP contribution in [0.2, 0.25) is 0 Å². The second-order valence-corrected chi connectivity index (χ2v) is 4.94. The van der Waals surface area contributed by atoms with E-state index in [2.05, 4.69) is 10.3 Å². The maximum absolute atomic E-state index is 11.5. The quantitative estimate of drug-likeness (QED) is 0.843. The number of fused-ring (bicyclic) bond motifs is 1. The average Bonchev–Trinajstić information content (AvgIpc) is 3.08. The van der Waals surface area contributed by atoms with Gasteiger partial charge in [0.05, 0.1) is 24.4 Å². The van der Waals surface area contributed by atoms with E-state index in [1.165, 1.54) is 13.5 Å². The maximum atomic E-state index is 11.5. The molecule has 0 aromatic carbocycles. The van der Waals surface area contributed by atoms with Crippen LogP contribution in [0.3, 0.4) is 0 Å². The molecular formula is C14H17N3O2. The summed E-state index contributed by atoms with van der Waals surface area (Å²) in [5, 5.41) is 3.37. The monoisotopic (exact) mass is 259 g/mol. The van der Waals surface area contributed by atoms with Crippen molar-refractivity contribution in [3.63, 3.8) is 0 Å². The van der Waals surface area contributed by atoms with Crippen molar-refractivity contribution in [2.45, 2.75) is 12.8 Å². The summed E-state index contributed by atoms with van der Waals surface area (Å²) in [6.07, 6.45) is 5.88. The molecule has 1 aliphatic rings. The van der Waals surface area contributed by atoms with Gasteiger partial charge in [0.15, 0.2) is 0 Å². The molecule has 0 saturated carbocycles. The van der Waals surface area contributed by atoms with Crippen molar-refractivity contribution in [3.8, 4) is 0 Å². The van der Waals surface area contributed by atoms with Crippen molar-refractivity contribution in [2.75, 3.05) is 20.2 Å². The maximum Gasteiger partial charge on any atom is 0.337 e. The smallest absolute Gasteiger partial charge is 0.337 e. The van der Waals surface area contributed by atoms with Gasteiger partial charge in [-0.05, 0) is 37.6 Å². The second kappa shape index (κ2) is 5.01. The van der Waals surface area contributed by atoms with Crippen LogP contribution in [0.5, 0.6) is 0 Å². The van der Waals surface area contributed by atoms with Crippen molar-refractivity contribution in [1.82, 2.24) is 14.7 Å². The van der Waals surface area contributed by atoms with Crippen LogP contribution in [0.25, 0.3) is 5.52 Å². The molecule has 19 heavy (non-hydrogen) atoms.